The number of fused-ring (bicyclic) bond motifs is 1. The highest BCUT2D eigenvalue weighted by Crippen LogP contribution is 2.27. The molecule has 1 fully saturated rings. The summed E-state index contributed by atoms with van der Waals surface area (Å²) in [5.41, 5.74) is 3.01. The fourth-order valence-corrected chi connectivity index (χ4v) is 3.57. The third-order valence-corrected chi connectivity index (χ3v) is 5.36. The largest absolute Gasteiger partial charge is 0.356 e. The van der Waals surface area contributed by atoms with Crippen LogP contribution in [0, 0.1) is 11.8 Å². The predicted molar refractivity (Wildman–Crippen MR) is 117 cm³/mol. The van der Waals surface area contributed by atoms with Crippen LogP contribution >= 0.6 is 24.0 Å². The zero-order valence-electron chi connectivity index (χ0n) is 15.8. The van der Waals surface area contributed by atoms with Crippen molar-refractivity contribution < 1.29 is 0 Å². The monoisotopic (exact) mass is 456 g/mol. The van der Waals surface area contributed by atoms with Gasteiger partial charge in [0, 0.05) is 39.3 Å². The highest BCUT2D eigenvalue weighted by atomic mass is 127. The van der Waals surface area contributed by atoms with Gasteiger partial charge in [0.05, 0.1) is 0 Å². The lowest BCUT2D eigenvalue weighted by molar-refractivity contribution is 0.140. The molecule has 1 unspecified atom stereocenters. The van der Waals surface area contributed by atoms with Crippen LogP contribution in [-0.4, -0.2) is 43.6 Å². The first kappa shape index (κ1) is 20.5. The standard InChI is InChI=1S/C20H32N4.HI/c1-15(2)19(13-23-20(21-3)22-12-16-8-9-16)24-11-10-17-6-4-5-7-18(17)14-24;/h4-7,15-16,19H,8-14H2,1-3H3,(H2,21,22,23);1H. The van der Waals surface area contributed by atoms with E-state index in [9.17, 15) is 0 Å². The molecular formula is C20H33IN4. The van der Waals surface area contributed by atoms with Crippen LogP contribution in [0.4, 0.5) is 0 Å². The van der Waals surface area contributed by atoms with Gasteiger partial charge in [0.15, 0.2) is 5.96 Å². The molecule has 1 saturated carbocycles. The zero-order chi connectivity index (χ0) is 16.9. The van der Waals surface area contributed by atoms with E-state index in [0.29, 0.717) is 12.0 Å². The van der Waals surface area contributed by atoms with Crippen molar-refractivity contribution >= 4 is 29.9 Å². The van der Waals surface area contributed by atoms with Crippen molar-refractivity contribution in [3.63, 3.8) is 0 Å². The number of nitrogens with zero attached hydrogens (tertiary/aromatic N) is 2. The van der Waals surface area contributed by atoms with E-state index in [-0.39, 0.29) is 24.0 Å². The van der Waals surface area contributed by atoms with Crippen molar-refractivity contribution in [2.75, 3.05) is 26.7 Å². The SMILES string of the molecule is CN=C(NCC1CC1)NCC(C(C)C)N1CCc2ccccc2C1.I. The number of benzene rings is 1. The Hall–Kier alpha value is -0.820. The number of hydrogen-bond donors (Lipinski definition) is 2. The molecule has 2 N–H and O–H groups in total. The van der Waals surface area contributed by atoms with Gasteiger partial charge in [0.25, 0.3) is 0 Å². The lowest BCUT2D eigenvalue weighted by atomic mass is 9.95. The third kappa shape index (κ3) is 5.84. The minimum atomic E-state index is 0. The van der Waals surface area contributed by atoms with Crippen molar-refractivity contribution in [2.45, 2.75) is 45.7 Å². The van der Waals surface area contributed by atoms with E-state index in [1.54, 1.807) is 0 Å². The van der Waals surface area contributed by atoms with E-state index < -0.39 is 0 Å². The summed E-state index contributed by atoms with van der Waals surface area (Å²) in [5, 5.41) is 7.02. The van der Waals surface area contributed by atoms with Gasteiger partial charge in [-0.1, -0.05) is 38.1 Å². The van der Waals surface area contributed by atoms with Crippen LogP contribution in [0.25, 0.3) is 0 Å². The van der Waals surface area contributed by atoms with Crippen molar-refractivity contribution in [3.05, 3.63) is 35.4 Å². The fraction of sp³-hybridized carbons (Fsp3) is 0.650. The number of guanidine groups is 1. The molecule has 2 aliphatic rings. The molecule has 0 spiro atoms. The molecule has 25 heavy (non-hydrogen) atoms. The molecule has 1 aromatic rings. The average Bonchev–Trinajstić information content (AvgIpc) is 3.41. The maximum absolute atomic E-state index is 4.38. The van der Waals surface area contributed by atoms with E-state index in [4.69, 9.17) is 0 Å². The summed E-state index contributed by atoms with van der Waals surface area (Å²) in [6.45, 7) is 8.87. The normalized spacial score (nSPS) is 19.1. The van der Waals surface area contributed by atoms with E-state index in [0.717, 1.165) is 44.5 Å². The minimum Gasteiger partial charge on any atom is -0.356 e. The van der Waals surface area contributed by atoms with Crippen LogP contribution in [0.15, 0.2) is 29.3 Å². The molecule has 1 aromatic carbocycles. The number of hydrogen-bond acceptors (Lipinski definition) is 2. The Morgan fingerprint density at radius 1 is 1.20 bits per heavy atom. The second kappa shape index (κ2) is 9.76. The van der Waals surface area contributed by atoms with Crippen LogP contribution in [-0.2, 0) is 13.0 Å². The van der Waals surface area contributed by atoms with E-state index in [2.05, 4.69) is 58.6 Å². The number of halogens is 1. The topological polar surface area (TPSA) is 39.7 Å². The molecule has 5 heteroatoms. The summed E-state index contributed by atoms with van der Waals surface area (Å²) in [4.78, 5) is 7.01. The summed E-state index contributed by atoms with van der Waals surface area (Å²) >= 11 is 0. The molecule has 1 heterocycles. The predicted octanol–water partition coefficient (Wildman–Crippen LogP) is 3.26. The molecule has 0 radical (unpaired) electrons. The Kier molecular flexibility index (Phi) is 8.00. The third-order valence-electron chi connectivity index (χ3n) is 5.36. The number of nitrogens with one attached hydrogen (secondary N) is 2. The molecule has 1 aliphatic carbocycles. The highest BCUT2D eigenvalue weighted by Gasteiger charge is 2.26. The van der Waals surface area contributed by atoms with Gasteiger partial charge >= 0.3 is 0 Å². The summed E-state index contributed by atoms with van der Waals surface area (Å²) in [7, 11) is 1.86. The van der Waals surface area contributed by atoms with Gasteiger partial charge in [-0.25, -0.2) is 0 Å². The maximum atomic E-state index is 4.38. The summed E-state index contributed by atoms with van der Waals surface area (Å²) in [6, 6.07) is 9.40. The van der Waals surface area contributed by atoms with Crippen LogP contribution in [0.3, 0.4) is 0 Å². The first-order valence-electron chi connectivity index (χ1n) is 9.42. The van der Waals surface area contributed by atoms with Gasteiger partial charge in [-0.15, -0.1) is 24.0 Å². The molecule has 140 valence electrons. The molecule has 0 bridgehead atoms. The lowest BCUT2D eigenvalue weighted by Crippen LogP contribution is -2.50. The van der Waals surface area contributed by atoms with Gasteiger partial charge < -0.3 is 10.6 Å². The number of rotatable bonds is 6. The lowest BCUT2D eigenvalue weighted by Gasteiger charge is -2.38. The smallest absolute Gasteiger partial charge is 0.191 e. The van der Waals surface area contributed by atoms with Crippen LogP contribution in [0.5, 0.6) is 0 Å². The molecular weight excluding hydrogens is 423 g/mol. The van der Waals surface area contributed by atoms with Gasteiger partial charge in [0.2, 0.25) is 0 Å². The fourth-order valence-electron chi connectivity index (χ4n) is 3.57. The average molecular weight is 456 g/mol. The van der Waals surface area contributed by atoms with E-state index >= 15 is 0 Å². The zero-order valence-corrected chi connectivity index (χ0v) is 18.1. The summed E-state index contributed by atoms with van der Waals surface area (Å²) < 4.78 is 0. The minimum absolute atomic E-state index is 0. The molecule has 4 nitrogen and oxygen atoms in total. The first-order valence-corrected chi connectivity index (χ1v) is 9.42. The van der Waals surface area contributed by atoms with Gasteiger partial charge in [0.1, 0.15) is 0 Å². The van der Waals surface area contributed by atoms with Crippen LogP contribution < -0.4 is 10.6 Å². The van der Waals surface area contributed by atoms with Crippen molar-refractivity contribution in [3.8, 4) is 0 Å². The summed E-state index contributed by atoms with van der Waals surface area (Å²) in [5.74, 6) is 2.43. The van der Waals surface area contributed by atoms with Gasteiger partial charge in [-0.05, 0) is 42.2 Å². The first-order chi connectivity index (χ1) is 11.7. The molecule has 1 atom stereocenters. The molecule has 1 aliphatic heterocycles. The van der Waals surface area contributed by atoms with E-state index in [1.807, 2.05) is 7.05 Å². The molecule has 0 aromatic heterocycles. The van der Waals surface area contributed by atoms with Crippen molar-refractivity contribution in [1.29, 1.82) is 0 Å². The highest BCUT2D eigenvalue weighted by molar-refractivity contribution is 14.0. The number of aliphatic imine (C=N–C) groups is 1. The van der Waals surface area contributed by atoms with Gasteiger partial charge in [-0.2, -0.15) is 0 Å². The molecule has 0 amide bonds. The van der Waals surface area contributed by atoms with Crippen molar-refractivity contribution in [2.24, 2.45) is 16.8 Å². The Labute approximate surface area is 169 Å². The Balaban J connectivity index is 0.00000225. The molecule has 0 saturated heterocycles. The van der Waals surface area contributed by atoms with Crippen LogP contribution in [0.1, 0.15) is 37.8 Å². The Bertz CT molecular complexity index is 569. The Morgan fingerprint density at radius 3 is 2.56 bits per heavy atom. The Morgan fingerprint density at radius 2 is 1.92 bits per heavy atom. The quantitative estimate of drug-likeness (QED) is 0.392. The molecule has 3 rings (SSSR count). The van der Waals surface area contributed by atoms with E-state index in [1.165, 1.54) is 24.0 Å². The van der Waals surface area contributed by atoms with Crippen LogP contribution in [0.2, 0.25) is 0 Å². The van der Waals surface area contributed by atoms with Crippen molar-refractivity contribution in [1.82, 2.24) is 15.5 Å². The van der Waals surface area contributed by atoms with Gasteiger partial charge in [-0.3, -0.25) is 9.89 Å². The maximum Gasteiger partial charge on any atom is 0.191 e. The summed E-state index contributed by atoms with van der Waals surface area (Å²) in [6.07, 6.45) is 3.89. The second-order valence-electron chi connectivity index (χ2n) is 7.58. The second-order valence-corrected chi connectivity index (χ2v) is 7.58.